The van der Waals surface area contributed by atoms with E-state index in [1.165, 1.54) is 24.5 Å². The van der Waals surface area contributed by atoms with Crippen LogP contribution in [0.15, 0.2) is 42.5 Å². The topological polar surface area (TPSA) is 72.5 Å². The van der Waals surface area contributed by atoms with E-state index in [1.807, 2.05) is 0 Å². The third kappa shape index (κ3) is 6.35. The van der Waals surface area contributed by atoms with E-state index in [0.29, 0.717) is 11.6 Å². The highest BCUT2D eigenvalue weighted by Gasteiger charge is 2.34. The van der Waals surface area contributed by atoms with Crippen molar-refractivity contribution in [3.63, 3.8) is 0 Å². The van der Waals surface area contributed by atoms with Crippen molar-refractivity contribution in [2.45, 2.75) is 11.9 Å². The standard InChI is InChI=1S/C18H15ClF3NO4S/c1-28(26)10-11-3-2-4-12(7-11)17(25)27-9-16(24)23-15-6-5-13(19)8-14(15)18(20,21)22/h2-8H,9-10H2,1H3,(H,23,24). The van der Waals surface area contributed by atoms with E-state index < -0.39 is 46.7 Å². The lowest BCUT2D eigenvalue weighted by atomic mass is 10.1. The summed E-state index contributed by atoms with van der Waals surface area (Å²) in [5.74, 6) is -1.52. The van der Waals surface area contributed by atoms with Gasteiger partial charge in [-0.2, -0.15) is 13.2 Å². The molecule has 0 spiro atoms. The molecule has 0 saturated carbocycles. The predicted molar refractivity (Wildman–Crippen MR) is 99.6 cm³/mol. The maximum Gasteiger partial charge on any atom is 0.418 e. The molecule has 0 aliphatic rings. The molecule has 0 fully saturated rings. The fourth-order valence-corrected chi connectivity index (χ4v) is 3.10. The molecule has 0 saturated heterocycles. The zero-order valence-corrected chi connectivity index (χ0v) is 16.1. The number of ether oxygens (including phenoxy) is 1. The number of hydrogen-bond donors (Lipinski definition) is 1. The van der Waals surface area contributed by atoms with Gasteiger partial charge < -0.3 is 10.1 Å². The van der Waals surface area contributed by atoms with Crippen LogP contribution in [-0.2, 0) is 32.3 Å². The molecule has 2 aromatic rings. The molecule has 1 amide bonds. The molecule has 0 radical (unpaired) electrons. The van der Waals surface area contributed by atoms with Crippen molar-refractivity contribution < 1.29 is 31.7 Å². The summed E-state index contributed by atoms with van der Waals surface area (Å²) in [6.07, 6.45) is -3.20. The number of hydrogen-bond acceptors (Lipinski definition) is 4. The Labute approximate surface area is 166 Å². The van der Waals surface area contributed by atoms with E-state index in [4.69, 9.17) is 16.3 Å². The monoisotopic (exact) mass is 433 g/mol. The first-order valence-electron chi connectivity index (χ1n) is 7.79. The number of amides is 1. The molecule has 10 heteroatoms. The van der Waals surface area contributed by atoms with Gasteiger partial charge in [0.1, 0.15) is 0 Å². The Morgan fingerprint density at radius 2 is 1.89 bits per heavy atom. The lowest BCUT2D eigenvalue weighted by molar-refractivity contribution is -0.137. The van der Waals surface area contributed by atoms with Crippen LogP contribution in [0.25, 0.3) is 0 Å². The van der Waals surface area contributed by atoms with E-state index in [1.54, 1.807) is 12.1 Å². The fourth-order valence-electron chi connectivity index (χ4n) is 2.28. The first-order chi connectivity index (χ1) is 13.1. The smallest absolute Gasteiger partial charge is 0.418 e. The van der Waals surface area contributed by atoms with Crippen LogP contribution in [0.5, 0.6) is 0 Å². The second-order valence-corrected chi connectivity index (χ2v) is 7.60. The van der Waals surface area contributed by atoms with Crippen molar-refractivity contribution >= 4 is 40.0 Å². The minimum atomic E-state index is -4.72. The summed E-state index contributed by atoms with van der Waals surface area (Å²) in [7, 11) is -1.10. The van der Waals surface area contributed by atoms with Crippen LogP contribution in [0, 0.1) is 0 Å². The molecule has 0 heterocycles. The molecule has 150 valence electrons. The average molecular weight is 434 g/mol. The lowest BCUT2D eigenvalue weighted by Gasteiger charge is -2.14. The Hall–Kier alpha value is -2.39. The quantitative estimate of drug-likeness (QED) is 0.698. The summed E-state index contributed by atoms with van der Waals surface area (Å²) in [5.41, 5.74) is -0.820. The first-order valence-corrected chi connectivity index (χ1v) is 9.89. The van der Waals surface area contributed by atoms with Gasteiger partial charge in [0, 0.05) is 27.8 Å². The molecule has 1 N–H and O–H groups in total. The molecule has 28 heavy (non-hydrogen) atoms. The van der Waals surface area contributed by atoms with E-state index in [2.05, 4.69) is 5.32 Å². The van der Waals surface area contributed by atoms with Gasteiger partial charge in [0.15, 0.2) is 6.61 Å². The minimum Gasteiger partial charge on any atom is -0.452 e. The van der Waals surface area contributed by atoms with Crippen LogP contribution in [0.1, 0.15) is 21.5 Å². The SMILES string of the molecule is CS(=O)Cc1cccc(C(=O)OCC(=O)Nc2ccc(Cl)cc2C(F)(F)F)c1. The van der Waals surface area contributed by atoms with Gasteiger partial charge in [-0.05, 0) is 35.9 Å². The van der Waals surface area contributed by atoms with Crippen molar-refractivity contribution in [3.05, 3.63) is 64.2 Å². The summed E-state index contributed by atoms with van der Waals surface area (Å²) in [6.45, 7) is -0.775. The molecule has 0 aliphatic carbocycles. The molecular formula is C18H15ClF3NO4S. The molecule has 5 nitrogen and oxygen atoms in total. The fraction of sp³-hybridized carbons (Fsp3) is 0.222. The van der Waals surface area contributed by atoms with Crippen molar-refractivity contribution in [2.24, 2.45) is 0 Å². The average Bonchev–Trinajstić information content (AvgIpc) is 2.60. The number of benzene rings is 2. The number of nitrogens with one attached hydrogen (secondary N) is 1. The van der Waals surface area contributed by atoms with Crippen LogP contribution in [0.2, 0.25) is 5.02 Å². The van der Waals surface area contributed by atoms with E-state index in [-0.39, 0.29) is 16.3 Å². The van der Waals surface area contributed by atoms with Gasteiger partial charge in [-0.15, -0.1) is 0 Å². The normalized spacial score (nSPS) is 12.3. The summed E-state index contributed by atoms with van der Waals surface area (Å²) in [5, 5.41) is 1.92. The third-order valence-corrected chi connectivity index (χ3v) is 4.40. The molecule has 0 aromatic heterocycles. The van der Waals surface area contributed by atoms with Crippen LogP contribution in [-0.4, -0.2) is 28.9 Å². The summed E-state index contributed by atoms with van der Waals surface area (Å²) >= 11 is 5.57. The van der Waals surface area contributed by atoms with Gasteiger partial charge in [-0.3, -0.25) is 9.00 Å². The largest absolute Gasteiger partial charge is 0.452 e. The van der Waals surface area contributed by atoms with Gasteiger partial charge in [0.2, 0.25) is 0 Å². The first kappa shape index (κ1) is 21.9. The predicted octanol–water partition coefficient (Wildman–Crippen LogP) is 4.03. The Kier molecular flexibility index (Phi) is 7.20. The molecular weight excluding hydrogens is 419 g/mol. The van der Waals surface area contributed by atoms with Gasteiger partial charge >= 0.3 is 12.1 Å². The Bertz CT molecular complexity index is 918. The van der Waals surface area contributed by atoms with Crippen LogP contribution < -0.4 is 5.32 Å². The Morgan fingerprint density at radius 1 is 1.18 bits per heavy atom. The molecule has 0 aliphatic heterocycles. The molecule has 2 rings (SSSR count). The Morgan fingerprint density at radius 3 is 2.54 bits per heavy atom. The lowest BCUT2D eigenvalue weighted by Crippen LogP contribution is -2.22. The molecule has 2 aromatic carbocycles. The Balaban J connectivity index is 2.02. The zero-order chi connectivity index (χ0) is 20.9. The number of alkyl halides is 3. The van der Waals surface area contributed by atoms with Gasteiger partial charge in [0.05, 0.1) is 16.8 Å². The maximum atomic E-state index is 13.0. The number of rotatable bonds is 6. The highest BCUT2D eigenvalue weighted by Crippen LogP contribution is 2.36. The van der Waals surface area contributed by atoms with Crippen LogP contribution in [0.3, 0.4) is 0 Å². The van der Waals surface area contributed by atoms with E-state index in [9.17, 15) is 27.0 Å². The molecule has 1 unspecified atom stereocenters. The highest BCUT2D eigenvalue weighted by molar-refractivity contribution is 7.83. The molecule has 1 atom stereocenters. The summed E-state index contributed by atoms with van der Waals surface area (Å²) in [6, 6.07) is 9.07. The van der Waals surface area contributed by atoms with Gasteiger partial charge in [0.25, 0.3) is 5.91 Å². The number of anilines is 1. The van der Waals surface area contributed by atoms with Crippen molar-refractivity contribution in [1.29, 1.82) is 0 Å². The third-order valence-electron chi connectivity index (χ3n) is 3.43. The highest BCUT2D eigenvalue weighted by atomic mass is 35.5. The van der Waals surface area contributed by atoms with E-state index >= 15 is 0 Å². The summed E-state index contributed by atoms with van der Waals surface area (Å²) in [4.78, 5) is 23.9. The summed E-state index contributed by atoms with van der Waals surface area (Å²) < 4.78 is 55.2. The van der Waals surface area contributed by atoms with Crippen LogP contribution in [0.4, 0.5) is 18.9 Å². The second kappa shape index (κ2) is 9.20. The van der Waals surface area contributed by atoms with Gasteiger partial charge in [-0.1, -0.05) is 23.7 Å². The van der Waals surface area contributed by atoms with Crippen molar-refractivity contribution in [3.8, 4) is 0 Å². The van der Waals surface area contributed by atoms with Crippen molar-refractivity contribution in [2.75, 3.05) is 18.2 Å². The van der Waals surface area contributed by atoms with E-state index in [0.717, 1.165) is 6.07 Å². The maximum absolute atomic E-state index is 13.0. The van der Waals surface area contributed by atoms with Gasteiger partial charge in [-0.25, -0.2) is 4.79 Å². The minimum absolute atomic E-state index is 0.135. The second-order valence-electron chi connectivity index (χ2n) is 5.73. The number of carbonyl (C=O) groups excluding carboxylic acids is 2. The molecule has 0 bridgehead atoms. The van der Waals surface area contributed by atoms with Crippen LogP contribution >= 0.6 is 11.6 Å². The number of halogens is 4. The van der Waals surface area contributed by atoms with Crippen molar-refractivity contribution in [1.82, 2.24) is 0 Å². The number of esters is 1. The zero-order valence-electron chi connectivity index (χ0n) is 14.5. The number of carbonyl (C=O) groups is 2.